The third kappa shape index (κ3) is 2.93. The Labute approximate surface area is 119 Å². The van der Waals surface area contributed by atoms with E-state index in [-0.39, 0.29) is 6.02 Å². The molecule has 2 rings (SSSR count). The van der Waals surface area contributed by atoms with Gasteiger partial charge in [-0.25, -0.2) is 4.98 Å². The van der Waals surface area contributed by atoms with Crippen LogP contribution in [0.25, 0.3) is 11.2 Å². The second-order valence-corrected chi connectivity index (χ2v) is 3.43. The fourth-order valence-electron chi connectivity index (χ4n) is 1.52. The summed E-state index contributed by atoms with van der Waals surface area (Å²) in [5, 5.41) is 11.2. The van der Waals surface area contributed by atoms with Crippen molar-refractivity contribution in [1.82, 2.24) is 25.6 Å². The van der Waals surface area contributed by atoms with Crippen molar-refractivity contribution < 1.29 is 29.0 Å². The lowest BCUT2D eigenvalue weighted by Crippen LogP contribution is -2.40. The summed E-state index contributed by atoms with van der Waals surface area (Å²) < 4.78 is 5.68. The Kier molecular flexibility index (Phi) is 4.68. The van der Waals surface area contributed by atoms with Gasteiger partial charge in [-0.15, -0.1) is 5.10 Å². The highest BCUT2D eigenvalue weighted by molar-refractivity contribution is 5.80. The smallest absolute Gasteiger partial charge is 0.380 e. The van der Waals surface area contributed by atoms with Crippen LogP contribution < -0.4 is 4.74 Å². The zero-order valence-corrected chi connectivity index (χ0v) is 11.9. The minimum absolute atomic E-state index is 0.0412. The van der Waals surface area contributed by atoms with Crippen LogP contribution in [0.3, 0.4) is 0 Å². The second-order valence-electron chi connectivity index (χ2n) is 3.43. The van der Waals surface area contributed by atoms with Crippen molar-refractivity contribution in [3.8, 4) is 5.75 Å². The third-order valence-electron chi connectivity index (χ3n) is 2.36. The van der Waals surface area contributed by atoms with E-state index in [2.05, 4.69) is 20.4 Å². The maximum Gasteiger partial charge on any atom is 0.598 e. The van der Waals surface area contributed by atoms with Crippen molar-refractivity contribution in [3.63, 3.8) is 0 Å². The molecular formula is C10H15N6O5+. The van der Waals surface area contributed by atoms with Gasteiger partial charge >= 0.3 is 6.02 Å². The van der Waals surface area contributed by atoms with Gasteiger partial charge in [0.05, 0.1) is 19.4 Å². The van der Waals surface area contributed by atoms with Crippen molar-refractivity contribution in [2.24, 2.45) is 0 Å². The first kappa shape index (κ1) is 14.7. The number of hydrogen-bond donors (Lipinski definition) is 1. The monoisotopic (exact) mass is 299 g/mol. The molecule has 114 valence electrons. The predicted molar refractivity (Wildman–Crippen MR) is 67.5 cm³/mol. The largest absolute Gasteiger partial charge is 0.598 e. The number of aromatic nitrogens is 4. The van der Waals surface area contributed by atoms with Crippen molar-refractivity contribution in [1.29, 1.82) is 0 Å². The quantitative estimate of drug-likeness (QED) is 0.450. The number of ether oxygens (including phenoxy) is 1. The van der Waals surface area contributed by atoms with Crippen LogP contribution in [0, 0.1) is 0 Å². The molecule has 0 aliphatic heterocycles. The highest BCUT2D eigenvalue weighted by Gasteiger charge is 2.33. The molecule has 0 aromatic carbocycles. The lowest BCUT2D eigenvalue weighted by molar-refractivity contribution is -0.965. The summed E-state index contributed by atoms with van der Waals surface area (Å²) in [6.45, 7) is 0. The molecule has 11 heteroatoms. The number of amidine groups is 1. The van der Waals surface area contributed by atoms with E-state index >= 15 is 0 Å². The summed E-state index contributed by atoms with van der Waals surface area (Å²) in [7, 11) is 5.53. The molecular weight excluding hydrogens is 284 g/mol. The van der Waals surface area contributed by atoms with Crippen LogP contribution in [0.5, 0.6) is 5.75 Å². The van der Waals surface area contributed by atoms with Gasteiger partial charge in [-0.2, -0.15) is 20.0 Å². The first-order valence-electron chi connectivity index (χ1n) is 5.72. The fraction of sp³-hybridized carbons (Fsp3) is 0.400. The van der Waals surface area contributed by atoms with Gasteiger partial charge in [0.25, 0.3) is 0 Å². The number of aromatic amines is 1. The maximum atomic E-state index is 5.68. The van der Waals surface area contributed by atoms with Crippen LogP contribution in [0.15, 0.2) is 12.3 Å². The molecule has 0 unspecified atom stereocenters. The Morgan fingerprint density at radius 1 is 1.14 bits per heavy atom. The molecule has 0 saturated carbocycles. The Hall–Kier alpha value is -2.66. The number of nitrogens with zero attached hydrogens (tertiary/aromatic N) is 5. The molecule has 21 heavy (non-hydrogen) atoms. The first-order valence-corrected chi connectivity index (χ1v) is 5.72. The highest BCUT2D eigenvalue weighted by atomic mass is 17.0. The Balaban J connectivity index is 2.43. The molecule has 0 spiro atoms. The van der Waals surface area contributed by atoms with Gasteiger partial charge in [-0.3, -0.25) is 0 Å². The molecule has 2 aromatic heterocycles. The number of nitrogens with one attached hydrogen (secondary N) is 1. The fourth-order valence-corrected chi connectivity index (χ4v) is 1.52. The van der Waals surface area contributed by atoms with Gasteiger partial charge in [-0.05, 0) is 0 Å². The van der Waals surface area contributed by atoms with Gasteiger partial charge in [-0.1, -0.05) is 0 Å². The molecule has 2 aromatic rings. The Morgan fingerprint density at radius 2 is 1.86 bits per heavy atom. The van der Waals surface area contributed by atoms with E-state index in [1.807, 2.05) is 0 Å². The number of rotatable bonds is 5. The van der Waals surface area contributed by atoms with E-state index < -0.39 is 0 Å². The van der Waals surface area contributed by atoms with Crippen LogP contribution in [0.4, 0.5) is 0 Å². The summed E-state index contributed by atoms with van der Waals surface area (Å²) in [4.78, 5) is 25.0. The summed E-state index contributed by atoms with van der Waals surface area (Å²) >= 11 is 0. The van der Waals surface area contributed by atoms with Crippen LogP contribution in [-0.4, -0.2) is 65.0 Å². The third-order valence-corrected chi connectivity index (χ3v) is 2.36. The minimum atomic E-state index is -0.0412. The normalized spacial score (nSPS) is 10.3. The van der Waals surface area contributed by atoms with E-state index in [1.165, 1.54) is 34.6 Å². The van der Waals surface area contributed by atoms with Gasteiger partial charge in [0.1, 0.15) is 14.2 Å². The molecule has 0 fully saturated rings. The van der Waals surface area contributed by atoms with Gasteiger partial charge in [0.2, 0.25) is 5.65 Å². The van der Waals surface area contributed by atoms with Crippen LogP contribution in [0.2, 0.25) is 0 Å². The molecule has 0 radical (unpaired) electrons. The van der Waals surface area contributed by atoms with Crippen LogP contribution in [0.1, 0.15) is 0 Å². The lowest BCUT2D eigenvalue weighted by atomic mass is 10.4. The van der Waals surface area contributed by atoms with Crippen molar-refractivity contribution >= 4 is 17.2 Å². The zero-order valence-electron chi connectivity index (χ0n) is 11.9. The van der Waals surface area contributed by atoms with Crippen molar-refractivity contribution in [3.05, 3.63) is 12.3 Å². The standard InChI is InChI=1S/C10H15N6O5/c1-17-15(18-2)10(16(19-3)20-4)21-7-5-6-11-9-8(7)12-14-13-9/h5-6H,1-4H3,(H,11,12,13,14)/q+1. The molecule has 0 bridgehead atoms. The minimum Gasteiger partial charge on any atom is -0.380 e. The SMILES string of the molecule is CON(OC)C(Oc1ccnc2n[nH]nc12)=[N+](OC)OC. The number of fused-ring (bicyclic) bond motifs is 1. The van der Waals surface area contributed by atoms with Crippen molar-refractivity contribution in [2.75, 3.05) is 28.4 Å². The summed E-state index contributed by atoms with van der Waals surface area (Å²) in [6.07, 6.45) is 1.52. The van der Waals surface area contributed by atoms with E-state index in [0.717, 1.165) is 10.1 Å². The average Bonchev–Trinajstić information content (AvgIpc) is 2.99. The molecule has 1 N–H and O–H groups in total. The van der Waals surface area contributed by atoms with Crippen LogP contribution in [-0.2, 0) is 19.4 Å². The lowest BCUT2D eigenvalue weighted by Gasteiger charge is -2.12. The second kappa shape index (κ2) is 6.67. The predicted octanol–water partition coefficient (Wildman–Crippen LogP) is -0.352. The molecule has 0 atom stereocenters. The van der Waals surface area contributed by atoms with E-state index in [9.17, 15) is 0 Å². The molecule has 11 nitrogen and oxygen atoms in total. The highest BCUT2D eigenvalue weighted by Crippen LogP contribution is 2.20. The van der Waals surface area contributed by atoms with Gasteiger partial charge in [0, 0.05) is 12.3 Å². The van der Waals surface area contributed by atoms with Crippen LogP contribution >= 0.6 is 0 Å². The topological polar surface area (TPSA) is 107 Å². The Morgan fingerprint density at radius 3 is 2.48 bits per heavy atom. The number of hydroxylamine groups is 2. The van der Waals surface area contributed by atoms with E-state index in [0.29, 0.717) is 16.9 Å². The van der Waals surface area contributed by atoms with Crippen molar-refractivity contribution in [2.45, 2.75) is 0 Å². The summed E-state index contributed by atoms with van der Waals surface area (Å²) in [6, 6.07) is 1.55. The molecule has 0 saturated heterocycles. The summed E-state index contributed by atoms with van der Waals surface area (Å²) in [5.41, 5.74) is 0.823. The Bertz CT molecular complexity index is 619. The first-order chi connectivity index (χ1) is 10.2. The number of pyridine rings is 1. The molecule has 2 heterocycles. The molecule has 0 aliphatic rings. The average molecular weight is 299 g/mol. The van der Waals surface area contributed by atoms with E-state index in [1.54, 1.807) is 6.07 Å². The zero-order chi connectivity index (χ0) is 15.2. The van der Waals surface area contributed by atoms with E-state index in [4.69, 9.17) is 24.1 Å². The van der Waals surface area contributed by atoms with Gasteiger partial charge in [0.15, 0.2) is 16.2 Å². The van der Waals surface area contributed by atoms with Gasteiger partial charge < -0.3 is 14.4 Å². The molecule has 0 amide bonds. The maximum absolute atomic E-state index is 5.68. The number of hydrogen-bond acceptors (Lipinski definition) is 8. The summed E-state index contributed by atoms with van der Waals surface area (Å²) in [5.74, 6) is 0.349. The molecule has 0 aliphatic carbocycles. The number of H-pyrrole nitrogens is 1.